The van der Waals surface area contributed by atoms with E-state index in [1.807, 2.05) is 19.3 Å². The molecule has 0 spiro atoms. The minimum atomic E-state index is 0.654. The molecule has 1 N–H and O–H groups in total. The van der Waals surface area contributed by atoms with Crippen LogP contribution in [-0.2, 0) is 0 Å². The highest BCUT2D eigenvalue weighted by Crippen LogP contribution is 2.21. The Morgan fingerprint density at radius 2 is 2.05 bits per heavy atom. The molecule has 4 nitrogen and oxygen atoms in total. The van der Waals surface area contributed by atoms with Crippen molar-refractivity contribution in [2.45, 2.75) is 58.5 Å². The second-order valence-electron chi connectivity index (χ2n) is 5.78. The van der Waals surface area contributed by atoms with Crippen molar-refractivity contribution in [2.75, 3.05) is 18.4 Å². The molecule has 1 aromatic heterocycles. The van der Waals surface area contributed by atoms with Gasteiger partial charge in [-0.05, 0) is 52.1 Å². The van der Waals surface area contributed by atoms with Gasteiger partial charge in [0.05, 0.1) is 0 Å². The number of likely N-dealkylation sites (tertiary alicyclic amines) is 1. The summed E-state index contributed by atoms with van der Waals surface area (Å²) < 4.78 is 0. The Morgan fingerprint density at radius 1 is 1.32 bits per heavy atom. The molecule has 2 rings (SSSR count). The number of aryl methyl sites for hydroxylation is 1. The summed E-state index contributed by atoms with van der Waals surface area (Å²) in [6, 6.07) is 1.37. The Balaban J connectivity index is 1.79. The SMILES string of the molecule is Cc1cnc(NCCC2CCCCN2C(C)C)nc1. The number of aromatic nitrogens is 2. The lowest BCUT2D eigenvalue weighted by Crippen LogP contribution is -2.44. The van der Waals surface area contributed by atoms with Gasteiger partial charge in [-0.1, -0.05) is 6.42 Å². The Labute approximate surface area is 116 Å². The molecule has 0 saturated carbocycles. The van der Waals surface area contributed by atoms with Gasteiger partial charge in [0.1, 0.15) is 0 Å². The van der Waals surface area contributed by atoms with E-state index in [0.29, 0.717) is 12.1 Å². The first kappa shape index (κ1) is 14.3. The maximum Gasteiger partial charge on any atom is 0.222 e. The van der Waals surface area contributed by atoms with E-state index in [-0.39, 0.29) is 0 Å². The first-order valence-corrected chi connectivity index (χ1v) is 7.45. The molecule has 19 heavy (non-hydrogen) atoms. The fourth-order valence-corrected chi connectivity index (χ4v) is 2.85. The number of nitrogens with zero attached hydrogens (tertiary/aromatic N) is 3. The van der Waals surface area contributed by atoms with E-state index in [4.69, 9.17) is 0 Å². The van der Waals surface area contributed by atoms with Gasteiger partial charge in [0, 0.05) is 31.0 Å². The van der Waals surface area contributed by atoms with Gasteiger partial charge < -0.3 is 5.32 Å². The Hall–Kier alpha value is -1.16. The van der Waals surface area contributed by atoms with E-state index in [0.717, 1.165) is 18.1 Å². The number of anilines is 1. The quantitative estimate of drug-likeness (QED) is 0.886. The monoisotopic (exact) mass is 262 g/mol. The minimum Gasteiger partial charge on any atom is -0.354 e. The normalized spacial score (nSPS) is 20.7. The third-order valence-corrected chi connectivity index (χ3v) is 3.88. The summed E-state index contributed by atoms with van der Waals surface area (Å²) in [6.07, 6.45) is 8.94. The van der Waals surface area contributed by atoms with Crippen molar-refractivity contribution >= 4 is 5.95 Å². The Bertz CT molecular complexity index is 374. The summed E-state index contributed by atoms with van der Waals surface area (Å²) in [5.74, 6) is 0.748. The zero-order chi connectivity index (χ0) is 13.7. The molecule has 0 radical (unpaired) electrons. The van der Waals surface area contributed by atoms with Crippen LogP contribution in [-0.4, -0.2) is 40.0 Å². The summed E-state index contributed by atoms with van der Waals surface area (Å²) >= 11 is 0. The fourth-order valence-electron chi connectivity index (χ4n) is 2.85. The van der Waals surface area contributed by atoms with Crippen LogP contribution in [0.5, 0.6) is 0 Å². The van der Waals surface area contributed by atoms with Gasteiger partial charge in [-0.2, -0.15) is 0 Å². The van der Waals surface area contributed by atoms with Gasteiger partial charge in [-0.25, -0.2) is 9.97 Å². The van der Waals surface area contributed by atoms with E-state index in [1.54, 1.807) is 0 Å². The van der Waals surface area contributed by atoms with E-state index in [2.05, 4.69) is 34.0 Å². The highest BCUT2D eigenvalue weighted by Gasteiger charge is 2.23. The van der Waals surface area contributed by atoms with Gasteiger partial charge in [0.25, 0.3) is 0 Å². The lowest BCUT2D eigenvalue weighted by atomic mass is 9.98. The van der Waals surface area contributed by atoms with Gasteiger partial charge in [0.2, 0.25) is 5.95 Å². The van der Waals surface area contributed by atoms with Crippen LogP contribution < -0.4 is 5.32 Å². The zero-order valence-electron chi connectivity index (χ0n) is 12.4. The third kappa shape index (κ3) is 4.16. The van der Waals surface area contributed by atoms with Crippen molar-refractivity contribution in [3.63, 3.8) is 0 Å². The number of piperidine rings is 1. The van der Waals surface area contributed by atoms with Gasteiger partial charge in [-0.3, -0.25) is 4.90 Å². The molecule has 1 fully saturated rings. The summed E-state index contributed by atoms with van der Waals surface area (Å²) in [7, 11) is 0. The molecule has 2 heterocycles. The van der Waals surface area contributed by atoms with Gasteiger partial charge in [0.15, 0.2) is 0 Å². The molecule has 1 aliphatic heterocycles. The van der Waals surface area contributed by atoms with Crippen LogP contribution in [0.4, 0.5) is 5.95 Å². The van der Waals surface area contributed by atoms with E-state index < -0.39 is 0 Å². The maximum atomic E-state index is 4.28. The van der Waals surface area contributed by atoms with Crippen molar-refractivity contribution in [2.24, 2.45) is 0 Å². The molecular formula is C15H26N4. The lowest BCUT2D eigenvalue weighted by Gasteiger charge is -2.38. The predicted octanol–water partition coefficient (Wildman–Crippen LogP) is 2.85. The molecule has 1 unspecified atom stereocenters. The molecular weight excluding hydrogens is 236 g/mol. The Morgan fingerprint density at radius 3 is 2.74 bits per heavy atom. The van der Waals surface area contributed by atoms with E-state index in [1.165, 1.54) is 32.2 Å². The summed E-state index contributed by atoms with van der Waals surface area (Å²) in [6.45, 7) is 8.82. The second-order valence-corrected chi connectivity index (χ2v) is 5.78. The molecule has 0 aromatic carbocycles. The first-order valence-electron chi connectivity index (χ1n) is 7.45. The second kappa shape index (κ2) is 6.85. The van der Waals surface area contributed by atoms with Crippen LogP contribution in [0, 0.1) is 6.92 Å². The van der Waals surface area contributed by atoms with Crippen LogP contribution in [0.15, 0.2) is 12.4 Å². The molecule has 106 valence electrons. The smallest absolute Gasteiger partial charge is 0.222 e. The van der Waals surface area contributed by atoms with E-state index >= 15 is 0 Å². The van der Waals surface area contributed by atoms with Crippen LogP contribution in [0.1, 0.15) is 45.1 Å². The third-order valence-electron chi connectivity index (χ3n) is 3.88. The van der Waals surface area contributed by atoms with Crippen molar-refractivity contribution in [1.29, 1.82) is 0 Å². The maximum absolute atomic E-state index is 4.28. The highest BCUT2D eigenvalue weighted by molar-refractivity contribution is 5.23. The molecule has 1 aliphatic rings. The summed E-state index contributed by atoms with van der Waals surface area (Å²) in [5.41, 5.74) is 1.10. The summed E-state index contributed by atoms with van der Waals surface area (Å²) in [4.78, 5) is 11.2. The van der Waals surface area contributed by atoms with Crippen LogP contribution >= 0.6 is 0 Å². The number of hydrogen-bond acceptors (Lipinski definition) is 4. The molecule has 1 saturated heterocycles. The topological polar surface area (TPSA) is 41.1 Å². The molecule has 0 bridgehead atoms. The lowest BCUT2D eigenvalue weighted by molar-refractivity contribution is 0.108. The standard InChI is InChI=1S/C15H26N4/c1-12(2)19-9-5-4-6-14(19)7-8-16-15-17-10-13(3)11-18-15/h10-12,14H,4-9H2,1-3H3,(H,16,17,18). The average Bonchev–Trinajstić information content (AvgIpc) is 2.41. The van der Waals surface area contributed by atoms with Crippen molar-refractivity contribution in [3.05, 3.63) is 18.0 Å². The zero-order valence-corrected chi connectivity index (χ0v) is 12.4. The minimum absolute atomic E-state index is 0.654. The van der Waals surface area contributed by atoms with Crippen molar-refractivity contribution in [3.8, 4) is 0 Å². The summed E-state index contributed by atoms with van der Waals surface area (Å²) in [5, 5.41) is 3.33. The highest BCUT2D eigenvalue weighted by atomic mass is 15.2. The van der Waals surface area contributed by atoms with Gasteiger partial charge in [-0.15, -0.1) is 0 Å². The molecule has 0 aliphatic carbocycles. The number of nitrogens with one attached hydrogen (secondary N) is 1. The molecule has 4 heteroatoms. The fraction of sp³-hybridized carbons (Fsp3) is 0.733. The van der Waals surface area contributed by atoms with E-state index in [9.17, 15) is 0 Å². The molecule has 1 aromatic rings. The van der Waals surface area contributed by atoms with Crippen LogP contribution in [0.3, 0.4) is 0 Å². The number of hydrogen-bond donors (Lipinski definition) is 1. The van der Waals surface area contributed by atoms with Crippen LogP contribution in [0.2, 0.25) is 0 Å². The first-order chi connectivity index (χ1) is 9.16. The van der Waals surface area contributed by atoms with Crippen molar-refractivity contribution < 1.29 is 0 Å². The molecule has 1 atom stereocenters. The molecule has 0 amide bonds. The average molecular weight is 262 g/mol. The van der Waals surface area contributed by atoms with Crippen LogP contribution in [0.25, 0.3) is 0 Å². The van der Waals surface area contributed by atoms with Gasteiger partial charge >= 0.3 is 0 Å². The number of rotatable bonds is 5. The largest absolute Gasteiger partial charge is 0.354 e. The Kier molecular flexibility index (Phi) is 5.14. The van der Waals surface area contributed by atoms with Crippen molar-refractivity contribution in [1.82, 2.24) is 14.9 Å². The predicted molar refractivity (Wildman–Crippen MR) is 79.4 cm³/mol.